The number of methoxy groups -OCH3 is 1. The van der Waals surface area contributed by atoms with Crippen LogP contribution in [0.1, 0.15) is 22.8 Å². The molecule has 0 radical (unpaired) electrons. The number of nitrogens with one attached hydrogen (secondary N) is 2. The van der Waals surface area contributed by atoms with E-state index in [2.05, 4.69) is 26.5 Å². The molecular formula is C20H18N4O2. The molecule has 6 nitrogen and oxygen atoms in total. The van der Waals surface area contributed by atoms with Crippen molar-refractivity contribution in [3.63, 3.8) is 0 Å². The van der Waals surface area contributed by atoms with Crippen LogP contribution in [0.2, 0.25) is 0 Å². The Kier molecular flexibility index (Phi) is 4.99. The minimum Gasteiger partial charge on any atom is -0.495 e. The third kappa shape index (κ3) is 3.57. The minimum absolute atomic E-state index is 0.0996. The maximum absolute atomic E-state index is 11.8. The number of nitrogens with zero attached hydrogens (tertiary/aromatic N) is 2. The van der Waals surface area contributed by atoms with Gasteiger partial charge in [0.05, 0.1) is 18.2 Å². The summed E-state index contributed by atoms with van der Waals surface area (Å²) in [6.45, 7) is 2.47. The van der Waals surface area contributed by atoms with Crippen LogP contribution in [0, 0.1) is 12.3 Å². The smallest absolute Gasteiger partial charge is 0.251 e. The van der Waals surface area contributed by atoms with Gasteiger partial charge in [-0.05, 0) is 37.3 Å². The van der Waals surface area contributed by atoms with E-state index in [0.29, 0.717) is 29.4 Å². The zero-order valence-electron chi connectivity index (χ0n) is 14.5. The lowest BCUT2D eigenvalue weighted by molar-refractivity contribution is 0.0956. The van der Waals surface area contributed by atoms with Crippen molar-refractivity contribution >= 4 is 28.4 Å². The molecule has 0 atom stereocenters. The SMILES string of the molecule is C#Cc1cc2cnc(Nc3ccc(C(=O)NCC)cc3)nc2cc1OC. The first-order valence-electron chi connectivity index (χ1n) is 8.11. The second-order valence-corrected chi connectivity index (χ2v) is 5.51. The van der Waals surface area contributed by atoms with E-state index < -0.39 is 0 Å². The first kappa shape index (κ1) is 17.2. The molecule has 1 heterocycles. The van der Waals surface area contributed by atoms with E-state index in [1.54, 1.807) is 43.6 Å². The molecule has 0 aliphatic heterocycles. The van der Waals surface area contributed by atoms with Gasteiger partial charge in [-0.15, -0.1) is 6.42 Å². The van der Waals surface area contributed by atoms with Crippen molar-refractivity contribution in [2.24, 2.45) is 0 Å². The van der Waals surface area contributed by atoms with Crippen LogP contribution >= 0.6 is 0 Å². The molecule has 0 bridgehead atoms. The quantitative estimate of drug-likeness (QED) is 0.694. The van der Waals surface area contributed by atoms with E-state index in [-0.39, 0.29) is 5.91 Å². The summed E-state index contributed by atoms with van der Waals surface area (Å²) in [7, 11) is 1.57. The zero-order chi connectivity index (χ0) is 18.5. The van der Waals surface area contributed by atoms with Gasteiger partial charge in [0.2, 0.25) is 5.95 Å². The Hall–Kier alpha value is -3.59. The highest BCUT2D eigenvalue weighted by molar-refractivity contribution is 5.94. The van der Waals surface area contributed by atoms with Crippen molar-refractivity contribution in [3.8, 4) is 18.1 Å². The lowest BCUT2D eigenvalue weighted by atomic mass is 10.1. The highest BCUT2D eigenvalue weighted by atomic mass is 16.5. The summed E-state index contributed by atoms with van der Waals surface area (Å²) in [6, 6.07) is 10.7. The number of hydrogen-bond acceptors (Lipinski definition) is 5. The number of carbonyl (C=O) groups is 1. The molecule has 26 heavy (non-hydrogen) atoms. The van der Waals surface area contributed by atoms with Gasteiger partial charge in [0, 0.05) is 35.4 Å². The molecule has 6 heteroatoms. The Balaban J connectivity index is 1.85. The Labute approximate surface area is 151 Å². The topological polar surface area (TPSA) is 76.1 Å². The summed E-state index contributed by atoms with van der Waals surface area (Å²) in [6.07, 6.45) is 7.19. The number of carbonyl (C=O) groups excluding carboxylic acids is 1. The van der Waals surface area contributed by atoms with Crippen LogP contribution in [0.5, 0.6) is 5.75 Å². The van der Waals surface area contributed by atoms with Crippen LogP contribution in [-0.2, 0) is 0 Å². The van der Waals surface area contributed by atoms with Crippen LogP contribution < -0.4 is 15.4 Å². The average molecular weight is 346 g/mol. The van der Waals surface area contributed by atoms with Gasteiger partial charge in [-0.2, -0.15) is 0 Å². The molecule has 1 amide bonds. The average Bonchev–Trinajstić information content (AvgIpc) is 2.67. The molecule has 0 saturated carbocycles. The summed E-state index contributed by atoms with van der Waals surface area (Å²) in [4.78, 5) is 20.6. The molecule has 0 saturated heterocycles. The number of hydrogen-bond donors (Lipinski definition) is 2. The van der Waals surface area contributed by atoms with Gasteiger partial charge in [-0.3, -0.25) is 4.79 Å². The molecule has 0 aliphatic carbocycles. The molecule has 0 fully saturated rings. The predicted molar refractivity (Wildman–Crippen MR) is 102 cm³/mol. The predicted octanol–water partition coefficient (Wildman–Crippen LogP) is 3.11. The van der Waals surface area contributed by atoms with Gasteiger partial charge in [-0.1, -0.05) is 5.92 Å². The van der Waals surface area contributed by atoms with E-state index in [1.807, 2.05) is 13.0 Å². The van der Waals surface area contributed by atoms with Crippen molar-refractivity contribution in [2.75, 3.05) is 19.0 Å². The molecule has 2 N–H and O–H groups in total. The van der Waals surface area contributed by atoms with Gasteiger partial charge in [-0.25, -0.2) is 9.97 Å². The molecule has 0 spiro atoms. The molecule has 3 aromatic rings. The molecule has 1 aromatic heterocycles. The molecule has 2 aromatic carbocycles. The van der Waals surface area contributed by atoms with E-state index in [4.69, 9.17) is 11.2 Å². The highest BCUT2D eigenvalue weighted by Gasteiger charge is 2.08. The number of amides is 1. The standard InChI is InChI=1S/C20H18N4O2/c1-4-13-10-15-12-22-20(24-17(15)11-18(13)26-3)23-16-8-6-14(7-9-16)19(25)21-5-2/h1,6-12H,5H2,2-3H3,(H,21,25)(H,22,23,24). The summed E-state index contributed by atoms with van der Waals surface area (Å²) < 4.78 is 5.30. The zero-order valence-corrected chi connectivity index (χ0v) is 14.5. The van der Waals surface area contributed by atoms with Crippen LogP contribution in [0.15, 0.2) is 42.6 Å². The lowest BCUT2D eigenvalue weighted by Gasteiger charge is -2.09. The fourth-order valence-corrected chi connectivity index (χ4v) is 2.50. The maximum atomic E-state index is 11.8. The van der Waals surface area contributed by atoms with Crippen molar-refractivity contribution in [2.45, 2.75) is 6.92 Å². The van der Waals surface area contributed by atoms with Gasteiger partial charge in [0.15, 0.2) is 0 Å². The van der Waals surface area contributed by atoms with Crippen molar-refractivity contribution in [3.05, 3.63) is 53.7 Å². The number of fused-ring (bicyclic) bond motifs is 1. The first-order chi connectivity index (χ1) is 12.6. The first-order valence-corrected chi connectivity index (χ1v) is 8.11. The number of ether oxygens (including phenoxy) is 1. The minimum atomic E-state index is -0.0996. The van der Waals surface area contributed by atoms with Gasteiger partial charge >= 0.3 is 0 Å². The van der Waals surface area contributed by atoms with E-state index in [0.717, 1.165) is 16.6 Å². The number of benzene rings is 2. The second kappa shape index (κ2) is 7.53. The Bertz CT molecular complexity index is 991. The summed E-state index contributed by atoms with van der Waals surface area (Å²) in [5, 5.41) is 6.72. The normalized spacial score (nSPS) is 10.2. The van der Waals surface area contributed by atoms with E-state index in [1.165, 1.54) is 0 Å². The van der Waals surface area contributed by atoms with Crippen LogP contribution in [0.3, 0.4) is 0 Å². The maximum Gasteiger partial charge on any atom is 0.251 e. The largest absolute Gasteiger partial charge is 0.495 e. The molecular weight excluding hydrogens is 328 g/mol. The Morgan fingerprint density at radius 2 is 2.04 bits per heavy atom. The number of aromatic nitrogens is 2. The summed E-state index contributed by atoms with van der Waals surface area (Å²) >= 11 is 0. The third-order valence-electron chi connectivity index (χ3n) is 3.80. The van der Waals surface area contributed by atoms with Crippen molar-refractivity contribution in [1.29, 1.82) is 0 Å². The molecule has 130 valence electrons. The molecule has 3 rings (SSSR count). The van der Waals surface area contributed by atoms with Gasteiger partial charge < -0.3 is 15.4 Å². The summed E-state index contributed by atoms with van der Waals surface area (Å²) in [5.74, 6) is 3.52. The van der Waals surface area contributed by atoms with Gasteiger partial charge in [0.1, 0.15) is 5.75 Å². The molecule has 0 unspecified atom stereocenters. The van der Waals surface area contributed by atoms with E-state index in [9.17, 15) is 4.79 Å². The third-order valence-corrected chi connectivity index (χ3v) is 3.80. The van der Waals surface area contributed by atoms with Crippen molar-refractivity contribution in [1.82, 2.24) is 15.3 Å². The van der Waals surface area contributed by atoms with Crippen LogP contribution in [-0.4, -0.2) is 29.5 Å². The lowest BCUT2D eigenvalue weighted by Crippen LogP contribution is -2.22. The van der Waals surface area contributed by atoms with Crippen LogP contribution in [0.4, 0.5) is 11.6 Å². The van der Waals surface area contributed by atoms with Crippen molar-refractivity contribution < 1.29 is 9.53 Å². The Morgan fingerprint density at radius 1 is 1.27 bits per heavy atom. The fourth-order valence-electron chi connectivity index (χ4n) is 2.50. The second-order valence-electron chi connectivity index (χ2n) is 5.51. The van der Waals surface area contributed by atoms with Gasteiger partial charge in [0.25, 0.3) is 5.91 Å². The number of anilines is 2. The fraction of sp³-hybridized carbons (Fsp3) is 0.150. The molecule has 0 aliphatic rings. The number of rotatable bonds is 5. The highest BCUT2D eigenvalue weighted by Crippen LogP contribution is 2.25. The monoisotopic (exact) mass is 346 g/mol. The van der Waals surface area contributed by atoms with E-state index >= 15 is 0 Å². The Morgan fingerprint density at radius 3 is 2.69 bits per heavy atom. The summed E-state index contributed by atoms with van der Waals surface area (Å²) in [5.41, 5.74) is 2.76. The number of terminal acetylenes is 1. The van der Waals surface area contributed by atoms with Crippen LogP contribution in [0.25, 0.3) is 10.9 Å².